The van der Waals surface area contributed by atoms with Crippen molar-refractivity contribution < 1.29 is 14.7 Å². The number of amides is 1. The van der Waals surface area contributed by atoms with Crippen molar-refractivity contribution in [3.63, 3.8) is 0 Å². The summed E-state index contributed by atoms with van der Waals surface area (Å²) < 4.78 is 1.40. The molecule has 0 aliphatic carbocycles. The molecule has 0 saturated carbocycles. The Balaban J connectivity index is 2.35. The molecule has 0 saturated heterocycles. The van der Waals surface area contributed by atoms with Crippen molar-refractivity contribution in [2.75, 3.05) is 5.32 Å². The Bertz CT molecular complexity index is 789. The third kappa shape index (κ3) is 2.87. The molecule has 0 aliphatic rings. The Hall–Kier alpha value is -2.41. The van der Waals surface area contributed by atoms with Gasteiger partial charge in [0.2, 0.25) is 0 Å². The lowest BCUT2D eigenvalue weighted by molar-refractivity contribution is 0.0696. The van der Waals surface area contributed by atoms with E-state index >= 15 is 0 Å². The van der Waals surface area contributed by atoms with Gasteiger partial charge in [-0.1, -0.05) is 17.4 Å². The molecule has 2 rings (SSSR count). The third-order valence-electron chi connectivity index (χ3n) is 3.23. The summed E-state index contributed by atoms with van der Waals surface area (Å²) in [7, 11) is 1.60. The van der Waals surface area contributed by atoms with Crippen molar-refractivity contribution in [3.8, 4) is 0 Å². The van der Waals surface area contributed by atoms with Crippen LogP contribution in [0.5, 0.6) is 0 Å². The molecule has 0 fully saturated rings. The molecule has 2 N–H and O–H groups in total. The van der Waals surface area contributed by atoms with Crippen LogP contribution in [0.2, 0.25) is 0 Å². The van der Waals surface area contributed by atoms with Crippen molar-refractivity contribution in [1.82, 2.24) is 4.57 Å². The SMILES string of the molecule is Cc1ccc(C(=O)O)cc1NC(=O)c1sc(=O)n(C)c1C. The maximum absolute atomic E-state index is 12.2. The van der Waals surface area contributed by atoms with Gasteiger partial charge in [-0.05, 0) is 31.5 Å². The first kappa shape index (κ1) is 15.0. The number of carboxylic acids is 1. The van der Waals surface area contributed by atoms with Crippen LogP contribution >= 0.6 is 11.3 Å². The van der Waals surface area contributed by atoms with E-state index in [2.05, 4.69) is 5.32 Å². The predicted molar refractivity (Wildman–Crippen MR) is 80.4 cm³/mol. The zero-order chi connectivity index (χ0) is 15.7. The van der Waals surface area contributed by atoms with E-state index in [-0.39, 0.29) is 10.4 Å². The van der Waals surface area contributed by atoms with Crippen LogP contribution in [0, 0.1) is 13.8 Å². The molecule has 0 unspecified atom stereocenters. The summed E-state index contributed by atoms with van der Waals surface area (Å²) in [6, 6.07) is 4.50. The highest BCUT2D eigenvalue weighted by molar-refractivity contribution is 7.11. The maximum Gasteiger partial charge on any atom is 0.335 e. The Morgan fingerprint density at radius 1 is 1.29 bits per heavy atom. The molecule has 0 aliphatic heterocycles. The molecular formula is C14H14N2O4S. The number of carbonyl (C=O) groups is 2. The summed E-state index contributed by atoms with van der Waals surface area (Å²) >= 11 is 0.864. The largest absolute Gasteiger partial charge is 0.478 e. The van der Waals surface area contributed by atoms with Crippen LogP contribution in [-0.2, 0) is 7.05 Å². The van der Waals surface area contributed by atoms with E-state index in [0.29, 0.717) is 16.3 Å². The van der Waals surface area contributed by atoms with Crippen LogP contribution in [0.25, 0.3) is 0 Å². The highest BCUT2D eigenvalue weighted by Crippen LogP contribution is 2.19. The van der Waals surface area contributed by atoms with E-state index in [4.69, 9.17) is 5.11 Å². The predicted octanol–water partition coefficient (Wildman–Crippen LogP) is 2.01. The van der Waals surface area contributed by atoms with Crippen LogP contribution < -0.4 is 10.2 Å². The fourth-order valence-electron chi connectivity index (χ4n) is 1.80. The summed E-state index contributed by atoms with van der Waals surface area (Å²) in [4.78, 5) is 34.9. The molecule has 0 radical (unpaired) electrons. The van der Waals surface area contributed by atoms with Gasteiger partial charge in [-0.25, -0.2) is 4.79 Å². The van der Waals surface area contributed by atoms with E-state index in [0.717, 1.165) is 16.9 Å². The van der Waals surface area contributed by atoms with Crippen molar-refractivity contribution in [3.05, 3.63) is 49.6 Å². The number of rotatable bonds is 3. The van der Waals surface area contributed by atoms with Gasteiger partial charge in [0.05, 0.1) is 5.56 Å². The highest BCUT2D eigenvalue weighted by atomic mass is 32.1. The summed E-state index contributed by atoms with van der Waals surface area (Å²) in [5, 5.41) is 11.6. The molecule has 0 bridgehead atoms. The normalized spacial score (nSPS) is 10.4. The minimum atomic E-state index is -1.06. The van der Waals surface area contributed by atoms with E-state index in [1.807, 2.05) is 0 Å². The fraction of sp³-hybridized carbons (Fsp3) is 0.214. The van der Waals surface area contributed by atoms with Crippen molar-refractivity contribution in [2.24, 2.45) is 7.05 Å². The average Bonchev–Trinajstić information content (AvgIpc) is 2.68. The third-order valence-corrected chi connectivity index (χ3v) is 4.37. The van der Waals surface area contributed by atoms with Gasteiger partial charge in [-0.2, -0.15) is 0 Å². The molecule has 0 atom stereocenters. The quantitative estimate of drug-likeness (QED) is 0.908. The van der Waals surface area contributed by atoms with Crippen LogP contribution in [0.15, 0.2) is 23.0 Å². The molecule has 2 aromatic rings. The second-order valence-corrected chi connectivity index (χ2v) is 5.59. The standard InChI is InChI=1S/C14H14N2O4S/c1-7-4-5-9(13(18)19)6-10(7)15-12(17)11-8(2)16(3)14(20)21-11/h4-6H,1-3H3,(H,15,17)(H,18,19). The Kier molecular flexibility index (Phi) is 3.95. The summed E-state index contributed by atoms with van der Waals surface area (Å²) in [6.45, 7) is 3.45. The van der Waals surface area contributed by atoms with Crippen molar-refractivity contribution in [2.45, 2.75) is 13.8 Å². The molecule has 110 valence electrons. The monoisotopic (exact) mass is 306 g/mol. The van der Waals surface area contributed by atoms with E-state index < -0.39 is 11.9 Å². The first-order valence-electron chi connectivity index (χ1n) is 6.13. The lowest BCUT2D eigenvalue weighted by Gasteiger charge is -2.09. The second-order valence-electron chi connectivity index (χ2n) is 4.63. The molecule has 1 amide bonds. The number of carboxylic acid groups (broad SMARTS) is 1. The lowest BCUT2D eigenvalue weighted by Crippen LogP contribution is -2.14. The van der Waals surface area contributed by atoms with Crippen molar-refractivity contribution in [1.29, 1.82) is 0 Å². The van der Waals surface area contributed by atoms with Gasteiger partial charge in [0.25, 0.3) is 5.91 Å². The van der Waals surface area contributed by atoms with Gasteiger partial charge in [0.1, 0.15) is 4.88 Å². The smallest absolute Gasteiger partial charge is 0.335 e. The number of nitrogens with one attached hydrogen (secondary N) is 1. The first-order chi connectivity index (χ1) is 9.81. The second kappa shape index (κ2) is 5.53. The first-order valence-corrected chi connectivity index (χ1v) is 6.94. The molecular weight excluding hydrogens is 292 g/mol. The highest BCUT2D eigenvalue weighted by Gasteiger charge is 2.17. The van der Waals surface area contributed by atoms with E-state index in [1.54, 1.807) is 27.0 Å². The number of aromatic nitrogens is 1. The number of benzene rings is 1. The van der Waals surface area contributed by atoms with E-state index in [1.165, 1.54) is 16.7 Å². The number of hydrogen-bond acceptors (Lipinski definition) is 4. The fourth-order valence-corrected chi connectivity index (χ4v) is 2.68. The van der Waals surface area contributed by atoms with Gasteiger partial charge < -0.3 is 15.0 Å². The molecule has 6 nitrogen and oxygen atoms in total. The average molecular weight is 306 g/mol. The Labute approximate surface area is 124 Å². The van der Waals surface area contributed by atoms with Gasteiger partial charge in [0.15, 0.2) is 0 Å². The lowest BCUT2D eigenvalue weighted by atomic mass is 10.1. The summed E-state index contributed by atoms with van der Waals surface area (Å²) in [5.41, 5.74) is 1.83. The number of aromatic carboxylic acids is 1. The topological polar surface area (TPSA) is 88.4 Å². The number of carbonyl (C=O) groups excluding carboxylic acids is 1. The molecule has 1 aromatic heterocycles. The molecule has 1 aromatic carbocycles. The van der Waals surface area contributed by atoms with Gasteiger partial charge in [-0.3, -0.25) is 9.59 Å². The maximum atomic E-state index is 12.2. The number of hydrogen-bond donors (Lipinski definition) is 2. The Morgan fingerprint density at radius 3 is 2.48 bits per heavy atom. The Morgan fingerprint density at radius 2 is 1.95 bits per heavy atom. The van der Waals surface area contributed by atoms with E-state index in [9.17, 15) is 14.4 Å². The van der Waals surface area contributed by atoms with Crippen molar-refractivity contribution >= 4 is 28.9 Å². The summed E-state index contributed by atoms with van der Waals surface area (Å²) in [5.74, 6) is -1.48. The van der Waals surface area contributed by atoms with Crippen LogP contribution in [0.4, 0.5) is 5.69 Å². The molecule has 7 heteroatoms. The molecule has 1 heterocycles. The number of anilines is 1. The minimum absolute atomic E-state index is 0.0915. The zero-order valence-corrected chi connectivity index (χ0v) is 12.6. The van der Waals surface area contributed by atoms with Crippen LogP contribution in [0.3, 0.4) is 0 Å². The van der Waals surface area contributed by atoms with Gasteiger partial charge in [-0.15, -0.1) is 0 Å². The number of aryl methyl sites for hydroxylation is 1. The number of thiazole rings is 1. The van der Waals surface area contributed by atoms with Gasteiger partial charge in [0, 0.05) is 18.4 Å². The van der Waals surface area contributed by atoms with Gasteiger partial charge >= 0.3 is 10.8 Å². The minimum Gasteiger partial charge on any atom is -0.478 e. The van der Waals surface area contributed by atoms with Crippen LogP contribution in [0.1, 0.15) is 31.3 Å². The van der Waals surface area contributed by atoms with Crippen LogP contribution in [-0.4, -0.2) is 21.6 Å². The molecule has 0 spiro atoms. The number of nitrogens with zero attached hydrogens (tertiary/aromatic N) is 1. The summed E-state index contributed by atoms with van der Waals surface area (Å²) in [6.07, 6.45) is 0. The molecule has 21 heavy (non-hydrogen) atoms. The zero-order valence-electron chi connectivity index (χ0n) is 11.8.